The molecule has 3 rings (SSSR count). The van der Waals surface area contributed by atoms with Crippen LogP contribution < -0.4 is 4.90 Å². The smallest absolute Gasteiger partial charge is 0.229 e. The highest BCUT2D eigenvalue weighted by atomic mass is 32.2. The summed E-state index contributed by atoms with van der Waals surface area (Å²) in [5.41, 5.74) is 0.960. The zero-order valence-electron chi connectivity index (χ0n) is 15.8. The van der Waals surface area contributed by atoms with Crippen molar-refractivity contribution in [2.45, 2.75) is 17.7 Å². The standard InChI is InChI=1S/C21H25N3OS2/c1-23(2)14-8-15-24(21-22-18-11-6-7-12-19(18)27-21)20(25)13-16-26-17-9-4-3-5-10-17/h3-7,9-12H,8,13-16H2,1-2H3. The van der Waals surface area contributed by atoms with E-state index in [-0.39, 0.29) is 5.91 Å². The highest BCUT2D eigenvalue weighted by Gasteiger charge is 2.19. The summed E-state index contributed by atoms with van der Waals surface area (Å²) in [7, 11) is 4.11. The van der Waals surface area contributed by atoms with Crippen LogP contribution in [0.1, 0.15) is 12.8 Å². The van der Waals surface area contributed by atoms with E-state index in [1.54, 1.807) is 23.1 Å². The van der Waals surface area contributed by atoms with Crippen molar-refractivity contribution in [3.8, 4) is 0 Å². The van der Waals surface area contributed by atoms with Gasteiger partial charge in [-0.15, -0.1) is 11.8 Å². The predicted octanol–water partition coefficient (Wildman–Crippen LogP) is 4.76. The number of para-hydroxylation sites is 1. The third kappa shape index (κ3) is 5.79. The van der Waals surface area contributed by atoms with Crippen molar-refractivity contribution in [3.05, 3.63) is 54.6 Å². The van der Waals surface area contributed by atoms with Gasteiger partial charge >= 0.3 is 0 Å². The molecule has 6 heteroatoms. The first-order chi connectivity index (χ1) is 13.1. The fourth-order valence-electron chi connectivity index (χ4n) is 2.76. The highest BCUT2D eigenvalue weighted by molar-refractivity contribution is 7.99. The quantitative estimate of drug-likeness (QED) is 0.486. The Morgan fingerprint density at radius 1 is 1.04 bits per heavy atom. The van der Waals surface area contributed by atoms with Crippen molar-refractivity contribution in [1.29, 1.82) is 0 Å². The van der Waals surface area contributed by atoms with Crippen LogP contribution in [0.2, 0.25) is 0 Å². The van der Waals surface area contributed by atoms with Gasteiger partial charge in [0.15, 0.2) is 5.13 Å². The van der Waals surface area contributed by atoms with E-state index in [1.165, 1.54) is 4.90 Å². The van der Waals surface area contributed by atoms with Gasteiger partial charge in [-0.05, 0) is 51.3 Å². The summed E-state index contributed by atoms with van der Waals surface area (Å²) < 4.78 is 1.12. The average Bonchev–Trinajstić information content (AvgIpc) is 3.09. The number of carbonyl (C=O) groups excluding carboxylic acids is 1. The summed E-state index contributed by atoms with van der Waals surface area (Å²) >= 11 is 3.32. The summed E-state index contributed by atoms with van der Waals surface area (Å²) in [5.74, 6) is 0.925. The van der Waals surface area contributed by atoms with Gasteiger partial charge in [-0.3, -0.25) is 9.69 Å². The van der Waals surface area contributed by atoms with Crippen LogP contribution in [0.4, 0.5) is 5.13 Å². The highest BCUT2D eigenvalue weighted by Crippen LogP contribution is 2.29. The molecular weight excluding hydrogens is 374 g/mol. The zero-order chi connectivity index (χ0) is 19.1. The van der Waals surface area contributed by atoms with Gasteiger partial charge in [0.25, 0.3) is 0 Å². The van der Waals surface area contributed by atoms with E-state index in [4.69, 9.17) is 4.98 Å². The van der Waals surface area contributed by atoms with Gasteiger partial charge in [-0.2, -0.15) is 0 Å². The maximum atomic E-state index is 13.0. The Morgan fingerprint density at radius 2 is 1.78 bits per heavy atom. The first-order valence-corrected chi connectivity index (χ1v) is 10.9. The number of hydrogen-bond donors (Lipinski definition) is 0. The number of anilines is 1. The van der Waals surface area contributed by atoms with Crippen LogP contribution in [0.25, 0.3) is 10.2 Å². The molecule has 0 unspecified atom stereocenters. The van der Waals surface area contributed by atoms with Gasteiger partial charge in [0.1, 0.15) is 0 Å². The second kappa shape index (κ2) is 9.88. The number of thioether (sulfide) groups is 1. The number of rotatable bonds is 9. The van der Waals surface area contributed by atoms with Crippen LogP contribution in [0.15, 0.2) is 59.5 Å². The number of amides is 1. The molecule has 0 spiro atoms. The lowest BCUT2D eigenvalue weighted by molar-refractivity contribution is -0.118. The number of carbonyl (C=O) groups is 1. The minimum atomic E-state index is 0.149. The molecule has 0 aliphatic rings. The number of fused-ring (bicyclic) bond motifs is 1. The molecule has 27 heavy (non-hydrogen) atoms. The van der Waals surface area contributed by atoms with Gasteiger partial charge in [-0.1, -0.05) is 41.7 Å². The van der Waals surface area contributed by atoms with Crippen LogP contribution >= 0.6 is 23.1 Å². The van der Waals surface area contributed by atoms with Crippen molar-refractivity contribution >= 4 is 44.4 Å². The van der Waals surface area contributed by atoms with Gasteiger partial charge in [0.05, 0.1) is 10.2 Å². The lowest BCUT2D eigenvalue weighted by Crippen LogP contribution is -2.33. The van der Waals surface area contributed by atoms with Crippen LogP contribution in [-0.2, 0) is 4.79 Å². The molecule has 0 saturated heterocycles. The molecule has 4 nitrogen and oxygen atoms in total. The maximum Gasteiger partial charge on any atom is 0.229 e. The van der Waals surface area contributed by atoms with Crippen molar-refractivity contribution in [1.82, 2.24) is 9.88 Å². The molecule has 0 aliphatic heterocycles. The van der Waals surface area contributed by atoms with E-state index in [0.717, 1.165) is 34.1 Å². The van der Waals surface area contributed by atoms with Gasteiger partial charge in [0, 0.05) is 23.6 Å². The lowest BCUT2D eigenvalue weighted by atomic mass is 10.3. The number of nitrogens with zero attached hydrogens (tertiary/aromatic N) is 3. The molecule has 142 valence electrons. The minimum Gasteiger partial charge on any atom is -0.309 e. The summed E-state index contributed by atoms with van der Waals surface area (Å²) in [4.78, 5) is 22.9. The third-order valence-corrected chi connectivity index (χ3v) is 6.20. The van der Waals surface area contributed by atoms with E-state index in [9.17, 15) is 4.79 Å². The van der Waals surface area contributed by atoms with Crippen molar-refractivity contribution < 1.29 is 4.79 Å². The number of benzene rings is 2. The Bertz CT molecular complexity index is 831. The molecule has 0 aliphatic carbocycles. The molecule has 1 aromatic heterocycles. The van der Waals surface area contributed by atoms with Crippen LogP contribution in [0.5, 0.6) is 0 Å². The summed E-state index contributed by atoms with van der Waals surface area (Å²) in [6.45, 7) is 1.65. The first kappa shape index (κ1) is 19.9. The van der Waals surface area contributed by atoms with Crippen molar-refractivity contribution in [2.24, 2.45) is 0 Å². The Morgan fingerprint density at radius 3 is 2.52 bits per heavy atom. The molecule has 0 saturated carbocycles. The number of thiazole rings is 1. The molecule has 0 fully saturated rings. The van der Waals surface area contributed by atoms with E-state index in [1.807, 2.05) is 41.3 Å². The maximum absolute atomic E-state index is 13.0. The monoisotopic (exact) mass is 399 g/mol. The average molecular weight is 400 g/mol. The fraction of sp³-hybridized carbons (Fsp3) is 0.333. The Hall–Kier alpha value is -1.89. The third-order valence-electron chi connectivity index (χ3n) is 4.13. The number of aromatic nitrogens is 1. The SMILES string of the molecule is CN(C)CCCN(C(=O)CCSc1ccccc1)c1nc2ccccc2s1. The lowest BCUT2D eigenvalue weighted by Gasteiger charge is -2.21. The molecule has 0 atom stereocenters. The Kier molecular flexibility index (Phi) is 7.26. The molecule has 0 N–H and O–H groups in total. The second-order valence-electron chi connectivity index (χ2n) is 6.58. The molecule has 3 aromatic rings. The Balaban J connectivity index is 1.67. The molecule has 1 amide bonds. The van der Waals surface area contributed by atoms with Gasteiger partial charge in [0.2, 0.25) is 5.91 Å². The predicted molar refractivity (Wildman–Crippen MR) is 117 cm³/mol. The van der Waals surface area contributed by atoms with E-state index in [2.05, 4.69) is 37.2 Å². The molecule has 1 heterocycles. The largest absolute Gasteiger partial charge is 0.309 e. The van der Waals surface area contributed by atoms with Crippen LogP contribution in [-0.4, -0.2) is 48.7 Å². The summed E-state index contributed by atoms with van der Waals surface area (Å²) in [6, 6.07) is 18.3. The van der Waals surface area contributed by atoms with E-state index < -0.39 is 0 Å². The fourth-order valence-corrected chi connectivity index (χ4v) is 4.63. The summed E-state index contributed by atoms with van der Waals surface area (Å²) in [5, 5.41) is 0.810. The first-order valence-electron chi connectivity index (χ1n) is 9.12. The van der Waals surface area contributed by atoms with Gasteiger partial charge < -0.3 is 4.90 Å². The van der Waals surface area contributed by atoms with E-state index >= 15 is 0 Å². The molecule has 0 radical (unpaired) electrons. The molecule has 0 bridgehead atoms. The molecule has 2 aromatic carbocycles. The summed E-state index contributed by atoms with van der Waals surface area (Å²) in [6.07, 6.45) is 1.44. The van der Waals surface area contributed by atoms with Gasteiger partial charge in [-0.25, -0.2) is 4.98 Å². The Labute approximate surface area is 169 Å². The van der Waals surface area contributed by atoms with Crippen LogP contribution in [0.3, 0.4) is 0 Å². The molecular formula is C21H25N3OS2. The van der Waals surface area contributed by atoms with Crippen molar-refractivity contribution in [3.63, 3.8) is 0 Å². The number of hydrogen-bond acceptors (Lipinski definition) is 5. The van der Waals surface area contributed by atoms with E-state index in [0.29, 0.717) is 13.0 Å². The topological polar surface area (TPSA) is 36.4 Å². The normalized spacial score (nSPS) is 11.2. The van der Waals surface area contributed by atoms with Crippen LogP contribution in [0, 0.1) is 0 Å². The van der Waals surface area contributed by atoms with Crippen molar-refractivity contribution in [2.75, 3.05) is 37.8 Å². The second-order valence-corrected chi connectivity index (χ2v) is 8.76. The zero-order valence-corrected chi connectivity index (χ0v) is 17.4. The minimum absolute atomic E-state index is 0.149.